The number of H-pyrrole nitrogens is 1. The third kappa shape index (κ3) is 2.84. The molecule has 0 radical (unpaired) electrons. The van der Waals surface area contributed by atoms with E-state index in [1.165, 1.54) is 19.2 Å². The molecule has 23 heavy (non-hydrogen) atoms. The summed E-state index contributed by atoms with van der Waals surface area (Å²) >= 11 is 0. The summed E-state index contributed by atoms with van der Waals surface area (Å²) in [6.07, 6.45) is 0. The van der Waals surface area contributed by atoms with Crippen LogP contribution in [0.1, 0.15) is 10.5 Å². The van der Waals surface area contributed by atoms with Gasteiger partial charge in [0, 0.05) is 5.39 Å². The largest absolute Gasteiger partial charge is 0.464 e. The van der Waals surface area contributed by atoms with E-state index in [1.54, 1.807) is 30.3 Å². The predicted molar refractivity (Wildman–Crippen MR) is 82.8 cm³/mol. The van der Waals surface area contributed by atoms with E-state index in [1.807, 2.05) is 6.07 Å². The van der Waals surface area contributed by atoms with E-state index in [9.17, 15) is 14.9 Å². The molecule has 1 aromatic heterocycles. The lowest BCUT2D eigenvalue weighted by molar-refractivity contribution is -0.383. The molecule has 0 saturated carbocycles. The number of nitro groups is 1. The topological polar surface area (TPSA) is 94.5 Å². The van der Waals surface area contributed by atoms with Gasteiger partial charge in [-0.2, -0.15) is 0 Å². The van der Waals surface area contributed by atoms with Crippen LogP contribution in [0.3, 0.4) is 0 Å². The highest BCUT2D eigenvalue weighted by Crippen LogP contribution is 2.33. The molecule has 7 nitrogen and oxygen atoms in total. The molecule has 1 heterocycles. The van der Waals surface area contributed by atoms with Gasteiger partial charge in [-0.05, 0) is 24.3 Å². The number of aromatic amines is 1. The first-order valence-electron chi connectivity index (χ1n) is 6.71. The number of carbonyl (C=O) groups excluding carboxylic acids is 1. The van der Waals surface area contributed by atoms with Gasteiger partial charge in [0.15, 0.2) is 0 Å². The quantitative estimate of drug-likeness (QED) is 0.451. The summed E-state index contributed by atoms with van der Waals surface area (Å²) in [7, 11) is 1.24. The van der Waals surface area contributed by atoms with Crippen molar-refractivity contribution in [1.29, 1.82) is 0 Å². The van der Waals surface area contributed by atoms with Crippen LogP contribution in [0, 0.1) is 10.1 Å². The van der Waals surface area contributed by atoms with Crippen molar-refractivity contribution < 1.29 is 19.2 Å². The van der Waals surface area contributed by atoms with Crippen LogP contribution in [0.5, 0.6) is 11.5 Å². The Morgan fingerprint density at radius 2 is 1.87 bits per heavy atom. The number of rotatable bonds is 4. The molecule has 0 fully saturated rings. The molecule has 3 aromatic rings. The summed E-state index contributed by atoms with van der Waals surface area (Å²) in [5, 5.41) is 11.8. The number of carbonyl (C=O) groups is 1. The number of para-hydroxylation sites is 1. The molecule has 2 aromatic carbocycles. The fourth-order valence-electron chi connectivity index (χ4n) is 2.25. The van der Waals surface area contributed by atoms with Gasteiger partial charge in [0.05, 0.1) is 18.1 Å². The molecule has 0 aliphatic carbocycles. The van der Waals surface area contributed by atoms with Crippen molar-refractivity contribution in [1.82, 2.24) is 4.98 Å². The maximum Gasteiger partial charge on any atom is 0.354 e. The smallest absolute Gasteiger partial charge is 0.354 e. The van der Waals surface area contributed by atoms with Gasteiger partial charge in [-0.15, -0.1) is 0 Å². The summed E-state index contributed by atoms with van der Waals surface area (Å²) in [5.74, 6) is 0.275. The standard InChI is InChI=1S/C16H12N2O5/c1-22-16(19)13-8-10-7-12(23-11-5-3-2-4-6-11)9-14(18(20)21)15(10)17-13/h2-9,17H,1H3. The molecule has 0 spiro atoms. The van der Waals surface area contributed by atoms with Crippen molar-refractivity contribution in [2.45, 2.75) is 0 Å². The molecule has 0 aliphatic heterocycles. The highest BCUT2D eigenvalue weighted by molar-refractivity contribution is 5.98. The second kappa shape index (κ2) is 5.80. The molecule has 0 unspecified atom stereocenters. The summed E-state index contributed by atoms with van der Waals surface area (Å²) in [5.41, 5.74) is 0.210. The summed E-state index contributed by atoms with van der Waals surface area (Å²) in [6, 6.07) is 13.4. The lowest BCUT2D eigenvalue weighted by Crippen LogP contribution is -2.00. The van der Waals surface area contributed by atoms with Gasteiger partial charge in [-0.3, -0.25) is 10.1 Å². The maximum absolute atomic E-state index is 11.6. The number of esters is 1. The second-order valence-electron chi connectivity index (χ2n) is 4.75. The molecular formula is C16H12N2O5. The van der Waals surface area contributed by atoms with Gasteiger partial charge in [0.1, 0.15) is 22.7 Å². The number of methoxy groups -OCH3 is 1. The number of hydrogen-bond donors (Lipinski definition) is 1. The number of nitrogens with zero attached hydrogens (tertiary/aromatic N) is 1. The van der Waals surface area contributed by atoms with Gasteiger partial charge in [0.25, 0.3) is 5.69 Å². The predicted octanol–water partition coefficient (Wildman–Crippen LogP) is 3.66. The Kier molecular flexibility index (Phi) is 3.68. The van der Waals surface area contributed by atoms with Gasteiger partial charge in [-0.25, -0.2) is 4.79 Å². The van der Waals surface area contributed by atoms with Crippen LogP contribution in [0.2, 0.25) is 0 Å². The van der Waals surface area contributed by atoms with Gasteiger partial charge < -0.3 is 14.5 Å². The minimum atomic E-state index is -0.596. The van der Waals surface area contributed by atoms with E-state index < -0.39 is 10.9 Å². The second-order valence-corrected chi connectivity index (χ2v) is 4.75. The minimum absolute atomic E-state index is 0.141. The van der Waals surface area contributed by atoms with Crippen LogP contribution in [0.4, 0.5) is 5.69 Å². The lowest BCUT2D eigenvalue weighted by atomic mass is 10.2. The number of benzene rings is 2. The van der Waals surface area contributed by atoms with Crippen molar-refractivity contribution in [3.05, 3.63) is 64.3 Å². The van der Waals surface area contributed by atoms with Crippen LogP contribution in [0.15, 0.2) is 48.5 Å². The van der Waals surface area contributed by atoms with Crippen LogP contribution in [-0.4, -0.2) is 23.0 Å². The maximum atomic E-state index is 11.6. The Hall–Kier alpha value is -3.35. The summed E-state index contributed by atoms with van der Waals surface area (Å²) in [6.45, 7) is 0. The zero-order chi connectivity index (χ0) is 16.4. The molecule has 116 valence electrons. The van der Waals surface area contributed by atoms with Crippen LogP contribution < -0.4 is 4.74 Å². The fraction of sp³-hybridized carbons (Fsp3) is 0.0625. The van der Waals surface area contributed by atoms with Crippen molar-refractivity contribution in [3.8, 4) is 11.5 Å². The van der Waals surface area contributed by atoms with Crippen molar-refractivity contribution in [2.75, 3.05) is 7.11 Å². The van der Waals surface area contributed by atoms with E-state index in [4.69, 9.17) is 4.74 Å². The Labute approximate surface area is 130 Å². The first-order valence-corrected chi connectivity index (χ1v) is 6.71. The fourth-order valence-corrected chi connectivity index (χ4v) is 2.25. The minimum Gasteiger partial charge on any atom is -0.464 e. The molecule has 0 bridgehead atoms. The molecule has 7 heteroatoms. The van der Waals surface area contributed by atoms with E-state index in [0.29, 0.717) is 16.9 Å². The number of ether oxygens (including phenoxy) is 2. The summed E-state index contributed by atoms with van der Waals surface area (Å²) < 4.78 is 10.3. The van der Waals surface area contributed by atoms with Gasteiger partial charge in [0.2, 0.25) is 0 Å². The third-order valence-electron chi connectivity index (χ3n) is 3.26. The SMILES string of the molecule is COC(=O)c1cc2cc(Oc3ccccc3)cc([N+](=O)[O-])c2[nH]1. The Balaban J connectivity index is 2.10. The molecule has 0 amide bonds. The summed E-state index contributed by atoms with van der Waals surface area (Å²) in [4.78, 5) is 25.1. The zero-order valence-electron chi connectivity index (χ0n) is 12.1. The molecule has 0 aliphatic rings. The molecule has 0 atom stereocenters. The van der Waals surface area contributed by atoms with E-state index >= 15 is 0 Å². The third-order valence-corrected chi connectivity index (χ3v) is 3.26. The number of aromatic nitrogens is 1. The Bertz CT molecular complexity index is 886. The zero-order valence-corrected chi connectivity index (χ0v) is 12.1. The first-order chi connectivity index (χ1) is 11.1. The van der Waals surface area contributed by atoms with E-state index in [0.717, 1.165) is 0 Å². The molecule has 3 rings (SSSR count). The van der Waals surface area contributed by atoms with Gasteiger partial charge in [-0.1, -0.05) is 18.2 Å². The number of non-ortho nitro benzene ring substituents is 1. The normalized spacial score (nSPS) is 10.5. The van der Waals surface area contributed by atoms with Crippen LogP contribution >= 0.6 is 0 Å². The monoisotopic (exact) mass is 312 g/mol. The highest BCUT2D eigenvalue weighted by atomic mass is 16.6. The molecule has 0 saturated heterocycles. The first kappa shape index (κ1) is 14.6. The Morgan fingerprint density at radius 3 is 2.52 bits per heavy atom. The molecular weight excluding hydrogens is 300 g/mol. The lowest BCUT2D eigenvalue weighted by Gasteiger charge is -2.05. The van der Waals surface area contributed by atoms with Crippen molar-refractivity contribution in [3.63, 3.8) is 0 Å². The number of fused-ring (bicyclic) bond motifs is 1. The van der Waals surface area contributed by atoms with E-state index in [2.05, 4.69) is 9.72 Å². The van der Waals surface area contributed by atoms with Crippen LogP contribution in [-0.2, 0) is 4.74 Å². The van der Waals surface area contributed by atoms with E-state index in [-0.39, 0.29) is 16.9 Å². The number of nitrogens with one attached hydrogen (secondary N) is 1. The van der Waals surface area contributed by atoms with Crippen molar-refractivity contribution >= 4 is 22.6 Å². The number of hydrogen-bond acceptors (Lipinski definition) is 5. The molecule has 1 N–H and O–H groups in total. The average Bonchev–Trinajstić information content (AvgIpc) is 2.98. The van der Waals surface area contributed by atoms with Crippen molar-refractivity contribution in [2.24, 2.45) is 0 Å². The average molecular weight is 312 g/mol. The van der Waals surface area contributed by atoms with Crippen LogP contribution in [0.25, 0.3) is 10.9 Å². The number of nitro benzene ring substituents is 1. The highest BCUT2D eigenvalue weighted by Gasteiger charge is 2.20. The Morgan fingerprint density at radius 1 is 1.13 bits per heavy atom. The van der Waals surface area contributed by atoms with Gasteiger partial charge >= 0.3 is 5.97 Å².